The van der Waals surface area contributed by atoms with Crippen LogP contribution in [0.5, 0.6) is 0 Å². The zero-order valence-electron chi connectivity index (χ0n) is 8.02. The molecule has 0 unspecified atom stereocenters. The molecule has 0 radical (unpaired) electrons. The minimum Gasteiger partial charge on any atom is -0.299 e. The van der Waals surface area contributed by atoms with Crippen LogP contribution in [-0.2, 0) is 9.59 Å². The van der Waals surface area contributed by atoms with E-state index in [1.54, 1.807) is 13.8 Å². The molecule has 1 aliphatic rings. The molecule has 12 heavy (non-hydrogen) atoms. The molecule has 0 aromatic heterocycles. The topological polar surface area (TPSA) is 34.1 Å². The van der Waals surface area contributed by atoms with Gasteiger partial charge in [0.15, 0.2) is 0 Å². The van der Waals surface area contributed by atoms with Gasteiger partial charge in [-0.05, 0) is 26.2 Å². The zero-order valence-corrected chi connectivity index (χ0v) is 8.02. The lowest BCUT2D eigenvalue weighted by Crippen LogP contribution is -2.31. The summed E-state index contributed by atoms with van der Waals surface area (Å²) in [7, 11) is 0. The maximum absolute atomic E-state index is 11.5. The highest BCUT2D eigenvalue weighted by atomic mass is 16.2. The molecule has 1 rings (SSSR count). The molecule has 0 aromatic carbocycles. The molecule has 0 amide bonds. The monoisotopic (exact) mass is 168 g/mol. The Morgan fingerprint density at radius 1 is 1.25 bits per heavy atom. The van der Waals surface area contributed by atoms with E-state index in [9.17, 15) is 9.59 Å². The Kier molecular flexibility index (Phi) is 2.36. The predicted molar refractivity (Wildman–Crippen MR) is 46.8 cm³/mol. The van der Waals surface area contributed by atoms with Crippen molar-refractivity contribution in [2.24, 2.45) is 11.3 Å². The summed E-state index contributed by atoms with van der Waals surface area (Å²) in [6.07, 6.45) is 2.01. The van der Waals surface area contributed by atoms with Gasteiger partial charge in [-0.15, -0.1) is 0 Å². The quantitative estimate of drug-likeness (QED) is 0.409. The summed E-state index contributed by atoms with van der Waals surface area (Å²) in [4.78, 5) is 23.0. The van der Waals surface area contributed by atoms with E-state index in [4.69, 9.17) is 0 Å². The lowest BCUT2D eigenvalue weighted by Gasteiger charge is -2.18. The van der Waals surface area contributed by atoms with Gasteiger partial charge in [0.25, 0.3) is 0 Å². The molecule has 2 nitrogen and oxygen atoms in total. The molecule has 1 fully saturated rings. The smallest absolute Gasteiger partial charge is 0.146 e. The molecule has 0 saturated heterocycles. The molecule has 68 valence electrons. The van der Waals surface area contributed by atoms with E-state index in [1.807, 2.05) is 6.92 Å². The second-order valence-electron chi connectivity index (χ2n) is 4.32. The molecule has 1 atom stereocenters. The number of hydrogen-bond donors (Lipinski definition) is 0. The fourth-order valence-electron chi connectivity index (χ4n) is 1.52. The van der Waals surface area contributed by atoms with Gasteiger partial charge in [-0.25, -0.2) is 0 Å². The second kappa shape index (κ2) is 3.00. The van der Waals surface area contributed by atoms with Crippen LogP contribution in [0.4, 0.5) is 0 Å². The number of ketones is 2. The van der Waals surface area contributed by atoms with Gasteiger partial charge in [0.2, 0.25) is 0 Å². The van der Waals surface area contributed by atoms with Gasteiger partial charge in [-0.2, -0.15) is 0 Å². The first-order chi connectivity index (χ1) is 5.44. The van der Waals surface area contributed by atoms with Crippen molar-refractivity contribution in [3.8, 4) is 0 Å². The SMILES string of the molecule is C[C@@H]1CCC(=O)C(C)(C)C(=O)C1. The number of carbonyl (C=O) groups excluding carboxylic acids is 2. The third-order valence-electron chi connectivity index (χ3n) is 2.79. The lowest BCUT2D eigenvalue weighted by atomic mass is 9.82. The van der Waals surface area contributed by atoms with Crippen molar-refractivity contribution in [2.75, 3.05) is 0 Å². The minimum atomic E-state index is -0.718. The van der Waals surface area contributed by atoms with Crippen molar-refractivity contribution in [1.82, 2.24) is 0 Å². The summed E-state index contributed by atoms with van der Waals surface area (Å²) in [6.45, 7) is 5.53. The van der Waals surface area contributed by atoms with E-state index in [0.717, 1.165) is 6.42 Å². The number of rotatable bonds is 0. The molecular formula is C10H16O2. The Balaban J connectivity index is 2.87. The molecular weight excluding hydrogens is 152 g/mol. The first kappa shape index (κ1) is 9.43. The minimum absolute atomic E-state index is 0.108. The average Bonchev–Trinajstić information content (AvgIpc) is 2.04. The van der Waals surface area contributed by atoms with E-state index in [2.05, 4.69) is 0 Å². The Labute approximate surface area is 73.3 Å². The summed E-state index contributed by atoms with van der Waals surface area (Å²) in [6, 6.07) is 0. The Hall–Kier alpha value is -0.660. The molecule has 0 aliphatic heterocycles. The van der Waals surface area contributed by atoms with Crippen molar-refractivity contribution >= 4 is 11.6 Å². The molecule has 0 bridgehead atoms. The maximum atomic E-state index is 11.5. The molecule has 1 aliphatic carbocycles. The highest BCUT2D eigenvalue weighted by Crippen LogP contribution is 2.30. The van der Waals surface area contributed by atoms with Gasteiger partial charge in [-0.3, -0.25) is 9.59 Å². The van der Waals surface area contributed by atoms with Gasteiger partial charge in [0, 0.05) is 12.8 Å². The summed E-state index contributed by atoms with van der Waals surface area (Å²) in [5.41, 5.74) is -0.718. The van der Waals surface area contributed by atoms with Crippen molar-refractivity contribution in [1.29, 1.82) is 0 Å². The van der Waals surface area contributed by atoms with Gasteiger partial charge in [-0.1, -0.05) is 6.92 Å². The van der Waals surface area contributed by atoms with Gasteiger partial charge < -0.3 is 0 Å². The fraction of sp³-hybridized carbons (Fsp3) is 0.800. The maximum Gasteiger partial charge on any atom is 0.146 e. The molecule has 2 heteroatoms. The van der Waals surface area contributed by atoms with Crippen LogP contribution in [0.3, 0.4) is 0 Å². The van der Waals surface area contributed by atoms with Gasteiger partial charge >= 0.3 is 0 Å². The van der Waals surface area contributed by atoms with Crippen molar-refractivity contribution in [3.63, 3.8) is 0 Å². The molecule has 1 saturated carbocycles. The van der Waals surface area contributed by atoms with E-state index >= 15 is 0 Å². The van der Waals surface area contributed by atoms with Crippen LogP contribution in [0.1, 0.15) is 40.0 Å². The summed E-state index contributed by atoms with van der Waals surface area (Å²) >= 11 is 0. The van der Waals surface area contributed by atoms with E-state index in [-0.39, 0.29) is 11.6 Å². The predicted octanol–water partition coefficient (Wildman–Crippen LogP) is 1.97. The van der Waals surface area contributed by atoms with Crippen molar-refractivity contribution < 1.29 is 9.59 Å². The molecule has 0 spiro atoms. The van der Waals surface area contributed by atoms with Crippen LogP contribution >= 0.6 is 0 Å². The van der Waals surface area contributed by atoms with Crippen molar-refractivity contribution in [2.45, 2.75) is 40.0 Å². The lowest BCUT2D eigenvalue weighted by molar-refractivity contribution is -0.137. The Morgan fingerprint density at radius 3 is 2.42 bits per heavy atom. The van der Waals surface area contributed by atoms with E-state index in [0.29, 0.717) is 18.8 Å². The Morgan fingerprint density at radius 2 is 1.83 bits per heavy atom. The van der Waals surface area contributed by atoms with E-state index < -0.39 is 5.41 Å². The summed E-state index contributed by atoms with van der Waals surface area (Å²) in [5, 5.41) is 0. The Bertz CT molecular complexity index is 216. The zero-order chi connectivity index (χ0) is 9.35. The number of Topliss-reactive ketones (excluding diaryl/α,β-unsaturated/α-hetero) is 2. The summed E-state index contributed by atoms with van der Waals surface area (Å²) < 4.78 is 0. The van der Waals surface area contributed by atoms with Crippen molar-refractivity contribution in [3.05, 3.63) is 0 Å². The number of hydrogen-bond acceptors (Lipinski definition) is 2. The van der Waals surface area contributed by atoms with Crippen LogP contribution in [0.25, 0.3) is 0 Å². The molecule has 0 N–H and O–H groups in total. The van der Waals surface area contributed by atoms with Crippen LogP contribution in [-0.4, -0.2) is 11.6 Å². The standard InChI is InChI=1S/C10H16O2/c1-7-4-5-8(11)10(2,3)9(12)6-7/h7H,4-6H2,1-3H3/t7-/m1/s1. The largest absolute Gasteiger partial charge is 0.299 e. The van der Waals surface area contributed by atoms with E-state index in [1.165, 1.54) is 0 Å². The van der Waals surface area contributed by atoms with Gasteiger partial charge in [0.1, 0.15) is 11.6 Å². The van der Waals surface area contributed by atoms with Crippen LogP contribution < -0.4 is 0 Å². The third kappa shape index (κ3) is 1.57. The second-order valence-corrected chi connectivity index (χ2v) is 4.32. The highest BCUT2D eigenvalue weighted by Gasteiger charge is 2.37. The normalized spacial score (nSPS) is 30.1. The summed E-state index contributed by atoms with van der Waals surface area (Å²) in [5.74, 6) is 0.595. The highest BCUT2D eigenvalue weighted by molar-refractivity contribution is 6.06. The first-order valence-corrected chi connectivity index (χ1v) is 4.51. The first-order valence-electron chi connectivity index (χ1n) is 4.51. The third-order valence-corrected chi connectivity index (χ3v) is 2.79. The average molecular weight is 168 g/mol. The van der Waals surface area contributed by atoms with Crippen LogP contribution in [0.15, 0.2) is 0 Å². The van der Waals surface area contributed by atoms with Crippen LogP contribution in [0.2, 0.25) is 0 Å². The fourth-order valence-corrected chi connectivity index (χ4v) is 1.52. The molecule has 0 aromatic rings. The number of carbonyl (C=O) groups is 2. The van der Waals surface area contributed by atoms with Crippen LogP contribution in [0, 0.1) is 11.3 Å². The van der Waals surface area contributed by atoms with Gasteiger partial charge in [0.05, 0.1) is 5.41 Å². The molecule has 0 heterocycles.